The lowest BCUT2D eigenvalue weighted by atomic mass is 9.89. The maximum absolute atomic E-state index is 12.2. The van der Waals surface area contributed by atoms with Gasteiger partial charge in [-0.3, -0.25) is 4.79 Å². The van der Waals surface area contributed by atoms with Crippen molar-refractivity contribution in [2.45, 2.75) is 25.0 Å². The number of benzene rings is 1. The smallest absolute Gasteiger partial charge is 0.255 e. The van der Waals surface area contributed by atoms with Gasteiger partial charge in [0.15, 0.2) is 11.5 Å². The van der Waals surface area contributed by atoms with E-state index in [0.29, 0.717) is 35.7 Å². The highest BCUT2D eigenvalue weighted by Crippen LogP contribution is 2.34. The molecule has 2 rings (SSSR count). The molecule has 2 N–H and O–H groups in total. The first-order chi connectivity index (χ1) is 9.58. The van der Waals surface area contributed by atoms with E-state index in [1.165, 1.54) is 21.3 Å². The minimum Gasteiger partial charge on any atom is -0.496 e. The van der Waals surface area contributed by atoms with Crippen molar-refractivity contribution in [1.29, 1.82) is 0 Å². The molecule has 1 amide bonds. The van der Waals surface area contributed by atoms with Gasteiger partial charge in [-0.25, -0.2) is 0 Å². The van der Waals surface area contributed by atoms with E-state index >= 15 is 0 Å². The van der Waals surface area contributed by atoms with Gasteiger partial charge in [0.1, 0.15) is 5.75 Å². The van der Waals surface area contributed by atoms with Gasteiger partial charge in [0, 0.05) is 18.2 Å². The molecule has 1 aliphatic carbocycles. The molecule has 0 aromatic heterocycles. The quantitative estimate of drug-likeness (QED) is 0.841. The number of aliphatic hydroxyl groups excluding tert-OH is 1. The molecule has 0 bridgehead atoms. The van der Waals surface area contributed by atoms with Crippen LogP contribution in [0.2, 0.25) is 0 Å². The molecule has 0 radical (unpaired) electrons. The van der Waals surface area contributed by atoms with Crippen molar-refractivity contribution in [1.82, 2.24) is 5.32 Å². The molecular weight excluding hydrogens is 262 g/mol. The van der Waals surface area contributed by atoms with Crippen LogP contribution in [0.4, 0.5) is 0 Å². The molecule has 0 spiro atoms. The van der Waals surface area contributed by atoms with Gasteiger partial charge in [-0.05, 0) is 12.8 Å². The summed E-state index contributed by atoms with van der Waals surface area (Å²) in [5.41, 5.74) is 0.381. The molecule has 1 fully saturated rings. The van der Waals surface area contributed by atoms with Crippen LogP contribution in [0.1, 0.15) is 23.2 Å². The normalized spacial score (nSPS) is 20.8. The summed E-state index contributed by atoms with van der Waals surface area (Å²) in [4.78, 5) is 12.2. The highest BCUT2D eigenvalue weighted by Gasteiger charge is 2.29. The number of carbonyl (C=O) groups excluding carboxylic acids is 1. The summed E-state index contributed by atoms with van der Waals surface area (Å²) in [7, 11) is 4.52. The van der Waals surface area contributed by atoms with Crippen LogP contribution in [0.25, 0.3) is 0 Å². The summed E-state index contributed by atoms with van der Waals surface area (Å²) >= 11 is 0. The van der Waals surface area contributed by atoms with Crippen molar-refractivity contribution in [2.75, 3.05) is 21.3 Å². The van der Waals surface area contributed by atoms with Gasteiger partial charge in [0.2, 0.25) is 0 Å². The zero-order valence-electron chi connectivity index (χ0n) is 11.8. The van der Waals surface area contributed by atoms with E-state index in [0.717, 1.165) is 0 Å². The Bertz CT molecular complexity index is 497. The molecule has 1 aromatic rings. The number of amides is 1. The van der Waals surface area contributed by atoms with E-state index < -0.39 is 0 Å². The van der Waals surface area contributed by atoms with E-state index in [-0.39, 0.29) is 18.1 Å². The lowest BCUT2D eigenvalue weighted by Gasteiger charge is -2.32. The third-order valence-corrected chi connectivity index (χ3v) is 3.40. The summed E-state index contributed by atoms with van der Waals surface area (Å²) in [5, 5.41) is 12.1. The Labute approximate surface area is 117 Å². The topological polar surface area (TPSA) is 77.0 Å². The second kappa shape index (κ2) is 6.00. The summed E-state index contributed by atoms with van der Waals surface area (Å²) in [6.45, 7) is 0. The highest BCUT2D eigenvalue weighted by molar-refractivity contribution is 5.98. The van der Waals surface area contributed by atoms with E-state index in [9.17, 15) is 9.90 Å². The summed E-state index contributed by atoms with van der Waals surface area (Å²) in [6.07, 6.45) is 0.857. The fourth-order valence-electron chi connectivity index (χ4n) is 2.18. The lowest BCUT2D eigenvalue weighted by molar-refractivity contribution is 0.0561. The van der Waals surface area contributed by atoms with Crippen molar-refractivity contribution in [3.63, 3.8) is 0 Å². The first kappa shape index (κ1) is 14.5. The third-order valence-electron chi connectivity index (χ3n) is 3.40. The van der Waals surface area contributed by atoms with Crippen molar-refractivity contribution in [3.8, 4) is 17.2 Å². The van der Waals surface area contributed by atoms with Gasteiger partial charge >= 0.3 is 0 Å². The molecule has 0 unspecified atom stereocenters. The third kappa shape index (κ3) is 2.80. The number of aliphatic hydroxyl groups is 1. The number of hydrogen-bond acceptors (Lipinski definition) is 5. The summed E-state index contributed by atoms with van der Waals surface area (Å²) < 4.78 is 15.6. The molecule has 0 saturated heterocycles. The second-order valence-corrected chi connectivity index (χ2v) is 4.70. The summed E-state index contributed by atoms with van der Waals surface area (Å²) in [6, 6.07) is 3.21. The van der Waals surface area contributed by atoms with Gasteiger partial charge in [0.05, 0.1) is 33.0 Å². The van der Waals surface area contributed by atoms with Gasteiger partial charge in [-0.1, -0.05) is 0 Å². The first-order valence-electron chi connectivity index (χ1n) is 6.38. The number of rotatable bonds is 5. The second-order valence-electron chi connectivity index (χ2n) is 4.70. The van der Waals surface area contributed by atoms with Gasteiger partial charge < -0.3 is 24.6 Å². The predicted molar refractivity (Wildman–Crippen MR) is 72.6 cm³/mol. The van der Waals surface area contributed by atoms with E-state index in [2.05, 4.69) is 5.32 Å². The molecule has 0 atom stereocenters. The molecule has 20 heavy (non-hydrogen) atoms. The molecule has 6 heteroatoms. The van der Waals surface area contributed by atoms with Gasteiger partial charge in [-0.2, -0.15) is 0 Å². The summed E-state index contributed by atoms with van der Waals surface area (Å²) in [5.74, 6) is 1.13. The number of hydrogen-bond donors (Lipinski definition) is 2. The van der Waals surface area contributed by atoms with E-state index in [1.54, 1.807) is 12.1 Å². The maximum Gasteiger partial charge on any atom is 0.255 e. The minimum absolute atomic E-state index is 0.00954. The maximum atomic E-state index is 12.2. The van der Waals surface area contributed by atoms with Crippen LogP contribution in [0, 0.1) is 0 Å². The largest absolute Gasteiger partial charge is 0.496 e. The molecule has 6 nitrogen and oxygen atoms in total. The first-order valence-corrected chi connectivity index (χ1v) is 6.38. The Morgan fingerprint density at radius 1 is 1.10 bits per heavy atom. The number of methoxy groups -OCH3 is 3. The fourth-order valence-corrected chi connectivity index (χ4v) is 2.18. The Balaban J connectivity index is 2.22. The molecule has 1 aromatic carbocycles. The number of nitrogens with one attached hydrogen (secondary N) is 1. The predicted octanol–water partition coefficient (Wildman–Crippen LogP) is 0.965. The number of carbonyl (C=O) groups is 1. The van der Waals surface area contributed by atoms with Crippen LogP contribution in [0.5, 0.6) is 17.2 Å². The Morgan fingerprint density at radius 2 is 1.65 bits per heavy atom. The zero-order chi connectivity index (χ0) is 14.7. The molecule has 1 aliphatic rings. The van der Waals surface area contributed by atoms with Gasteiger partial charge in [0.25, 0.3) is 5.91 Å². The Morgan fingerprint density at radius 3 is 2.15 bits per heavy atom. The van der Waals surface area contributed by atoms with Crippen molar-refractivity contribution in [2.24, 2.45) is 0 Å². The fraction of sp³-hybridized carbons (Fsp3) is 0.500. The Hall–Kier alpha value is -1.95. The monoisotopic (exact) mass is 281 g/mol. The van der Waals surface area contributed by atoms with Crippen LogP contribution >= 0.6 is 0 Å². The minimum atomic E-state index is -0.312. The van der Waals surface area contributed by atoms with Crippen LogP contribution in [-0.4, -0.2) is 44.5 Å². The van der Waals surface area contributed by atoms with E-state index in [1.807, 2.05) is 0 Å². The van der Waals surface area contributed by atoms with Crippen LogP contribution in [0.15, 0.2) is 12.1 Å². The average Bonchev–Trinajstić information content (AvgIpc) is 2.43. The number of ether oxygens (including phenoxy) is 3. The zero-order valence-corrected chi connectivity index (χ0v) is 11.8. The molecular formula is C14H19NO5. The SMILES string of the molecule is COc1cc(OC)c(C(=O)NC2CC(O)C2)cc1OC. The van der Waals surface area contributed by atoms with E-state index in [4.69, 9.17) is 14.2 Å². The van der Waals surface area contributed by atoms with Crippen molar-refractivity contribution >= 4 is 5.91 Å². The van der Waals surface area contributed by atoms with Crippen molar-refractivity contribution in [3.05, 3.63) is 17.7 Å². The lowest BCUT2D eigenvalue weighted by Crippen LogP contribution is -2.46. The molecule has 0 aliphatic heterocycles. The average molecular weight is 281 g/mol. The standard InChI is InChI=1S/C14H19NO5/c1-18-11-7-13(20-3)12(19-2)6-10(11)14(17)15-8-4-9(16)5-8/h6-9,16H,4-5H2,1-3H3,(H,15,17). The Kier molecular flexibility index (Phi) is 4.34. The highest BCUT2D eigenvalue weighted by atomic mass is 16.5. The van der Waals surface area contributed by atoms with Crippen LogP contribution in [-0.2, 0) is 0 Å². The van der Waals surface area contributed by atoms with Crippen LogP contribution < -0.4 is 19.5 Å². The molecule has 0 heterocycles. The molecule has 110 valence electrons. The van der Waals surface area contributed by atoms with Crippen LogP contribution in [0.3, 0.4) is 0 Å². The van der Waals surface area contributed by atoms with Gasteiger partial charge in [-0.15, -0.1) is 0 Å². The van der Waals surface area contributed by atoms with Crippen molar-refractivity contribution < 1.29 is 24.1 Å². The molecule has 1 saturated carbocycles.